The third-order valence-electron chi connectivity index (χ3n) is 1.59. The van der Waals surface area contributed by atoms with E-state index in [1.165, 1.54) is 22.5 Å². The molecule has 0 aliphatic rings. The molecule has 0 N–H and O–H groups in total. The number of aromatic nitrogens is 1. The van der Waals surface area contributed by atoms with Gasteiger partial charge in [-0.1, -0.05) is 11.6 Å². The van der Waals surface area contributed by atoms with Gasteiger partial charge in [-0.05, 0) is 46.5 Å². The second-order valence-corrected chi connectivity index (χ2v) is 4.57. The molecule has 0 amide bonds. The van der Waals surface area contributed by atoms with E-state index in [1.807, 2.05) is 6.07 Å². The van der Waals surface area contributed by atoms with E-state index in [4.69, 9.17) is 0 Å². The maximum absolute atomic E-state index is 4.25. The van der Waals surface area contributed by atoms with Gasteiger partial charge in [-0.15, -0.1) is 0 Å². The van der Waals surface area contributed by atoms with Crippen LogP contribution >= 0.6 is 27.5 Å². The maximum atomic E-state index is 4.25. The van der Waals surface area contributed by atoms with Gasteiger partial charge < -0.3 is 0 Å². The Morgan fingerprint density at radius 3 is 3.09 bits per heavy atom. The van der Waals surface area contributed by atoms with Gasteiger partial charge in [-0.3, -0.25) is 0 Å². The Morgan fingerprint density at radius 1 is 1.45 bits per heavy atom. The molecule has 0 spiro atoms. The summed E-state index contributed by atoms with van der Waals surface area (Å²) in [5.74, 6) is 0. The van der Waals surface area contributed by atoms with Crippen molar-refractivity contribution in [1.82, 2.24) is 4.37 Å². The minimum absolute atomic E-state index is 1.08. The highest BCUT2D eigenvalue weighted by Crippen LogP contribution is 2.27. The first kappa shape index (κ1) is 7.25. The number of halogens is 1. The first-order chi connectivity index (χ1) is 5.27. The molecule has 1 aromatic heterocycles. The van der Waals surface area contributed by atoms with Gasteiger partial charge in [-0.25, -0.2) is 0 Å². The van der Waals surface area contributed by atoms with Crippen LogP contribution in [0.2, 0.25) is 0 Å². The zero-order valence-corrected chi connectivity index (χ0v) is 8.37. The molecule has 56 valence electrons. The molecular weight excluding hydrogens is 222 g/mol. The molecule has 0 aliphatic heterocycles. The highest BCUT2D eigenvalue weighted by molar-refractivity contribution is 9.11. The lowest BCUT2D eigenvalue weighted by molar-refractivity contribution is 1.50. The lowest BCUT2D eigenvalue weighted by Crippen LogP contribution is -1.70. The molecule has 1 heterocycles. The third kappa shape index (κ3) is 1.19. The van der Waals surface area contributed by atoms with Crippen LogP contribution in [-0.4, -0.2) is 4.37 Å². The average Bonchev–Trinajstić information content (AvgIpc) is 2.33. The Balaban J connectivity index is 2.87. The van der Waals surface area contributed by atoms with Crippen molar-refractivity contribution in [3.63, 3.8) is 0 Å². The SMILES string of the molecule is Cc1ccc2nsc(Br)c2c1. The Morgan fingerprint density at radius 2 is 2.27 bits per heavy atom. The monoisotopic (exact) mass is 227 g/mol. The van der Waals surface area contributed by atoms with E-state index in [0.29, 0.717) is 0 Å². The highest BCUT2D eigenvalue weighted by Gasteiger charge is 2.01. The second-order valence-electron chi connectivity index (χ2n) is 2.48. The molecule has 2 aromatic rings. The van der Waals surface area contributed by atoms with Crippen LogP contribution in [-0.2, 0) is 0 Å². The van der Waals surface area contributed by atoms with Crippen molar-refractivity contribution in [3.8, 4) is 0 Å². The van der Waals surface area contributed by atoms with Gasteiger partial charge >= 0.3 is 0 Å². The lowest BCUT2D eigenvalue weighted by atomic mass is 10.2. The van der Waals surface area contributed by atoms with Crippen LogP contribution in [0, 0.1) is 6.92 Å². The van der Waals surface area contributed by atoms with Gasteiger partial charge in [0.1, 0.15) is 0 Å². The zero-order chi connectivity index (χ0) is 7.84. The smallest absolute Gasteiger partial charge is 0.0984 e. The summed E-state index contributed by atoms with van der Waals surface area (Å²) in [4.78, 5) is 0. The van der Waals surface area contributed by atoms with E-state index in [2.05, 4.69) is 39.4 Å². The number of aryl methyl sites for hydroxylation is 1. The molecule has 0 fully saturated rings. The minimum atomic E-state index is 1.08. The normalized spacial score (nSPS) is 10.7. The summed E-state index contributed by atoms with van der Waals surface area (Å²) < 4.78 is 5.38. The molecule has 1 aromatic carbocycles. The summed E-state index contributed by atoms with van der Waals surface area (Å²) in [5.41, 5.74) is 2.35. The van der Waals surface area contributed by atoms with E-state index in [0.717, 1.165) is 9.30 Å². The average molecular weight is 228 g/mol. The summed E-state index contributed by atoms with van der Waals surface area (Å²) in [6.45, 7) is 2.09. The number of rotatable bonds is 0. The van der Waals surface area contributed by atoms with Crippen LogP contribution in [0.5, 0.6) is 0 Å². The van der Waals surface area contributed by atoms with Crippen molar-refractivity contribution < 1.29 is 0 Å². The van der Waals surface area contributed by atoms with E-state index in [1.54, 1.807) is 0 Å². The standard InChI is InChI=1S/C8H6BrNS/c1-5-2-3-7-6(4-5)8(9)11-10-7/h2-4H,1H3. The molecule has 0 radical (unpaired) electrons. The van der Waals surface area contributed by atoms with Crippen molar-refractivity contribution in [3.05, 3.63) is 27.5 Å². The van der Waals surface area contributed by atoms with Crippen LogP contribution < -0.4 is 0 Å². The van der Waals surface area contributed by atoms with Gasteiger partial charge in [0.15, 0.2) is 0 Å². The van der Waals surface area contributed by atoms with Gasteiger partial charge in [0.2, 0.25) is 0 Å². The molecule has 0 bridgehead atoms. The fourth-order valence-electron chi connectivity index (χ4n) is 1.03. The van der Waals surface area contributed by atoms with Crippen molar-refractivity contribution >= 4 is 38.4 Å². The first-order valence-corrected chi connectivity index (χ1v) is 4.85. The Hall–Kier alpha value is -0.410. The van der Waals surface area contributed by atoms with Crippen LogP contribution in [0.1, 0.15) is 5.56 Å². The van der Waals surface area contributed by atoms with E-state index >= 15 is 0 Å². The summed E-state index contributed by atoms with van der Waals surface area (Å²) in [7, 11) is 0. The quantitative estimate of drug-likeness (QED) is 0.673. The van der Waals surface area contributed by atoms with Crippen LogP contribution in [0.25, 0.3) is 10.9 Å². The fraction of sp³-hybridized carbons (Fsp3) is 0.125. The lowest BCUT2D eigenvalue weighted by Gasteiger charge is -1.90. The second kappa shape index (κ2) is 2.57. The molecular formula is C8H6BrNS. The largest absolute Gasteiger partial charge is 0.191 e. The topological polar surface area (TPSA) is 12.9 Å². The van der Waals surface area contributed by atoms with Crippen molar-refractivity contribution in [1.29, 1.82) is 0 Å². The first-order valence-electron chi connectivity index (χ1n) is 3.29. The molecule has 1 nitrogen and oxygen atoms in total. The van der Waals surface area contributed by atoms with Crippen molar-refractivity contribution in [2.45, 2.75) is 6.92 Å². The predicted molar refractivity (Wildman–Crippen MR) is 52.1 cm³/mol. The van der Waals surface area contributed by atoms with Gasteiger partial charge in [0.05, 0.1) is 9.30 Å². The molecule has 0 saturated carbocycles. The van der Waals surface area contributed by atoms with Crippen molar-refractivity contribution in [2.24, 2.45) is 0 Å². The minimum Gasteiger partial charge on any atom is -0.191 e. The Labute approximate surface area is 77.3 Å². The molecule has 0 unspecified atom stereocenters. The zero-order valence-electron chi connectivity index (χ0n) is 5.97. The molecule has 11 heavy (non-hydrogen) atoms. The van der Waals surface area contributed by atoms with Gasteiger partial charge in [0, 0.05) is 5.39 Å². The summed E-state index contributed by atoms with van der Waals surface area (Å²) >= 11 is 4.95. The summed E-state index contributed by atoms with van der Waals surface area (Å²) in [5, 5.41) is 1.22. The van der Waals surface area contributed by atoms with Crippen LogP contribution in [0.4, 0.5) is 0 Å². The Bertz CT molecular complexity index is 394. The highest BCUT2D eigenvalue weighted by atomic mass is 79.9. The van der Waals surface area contributed by atoms with Crippen LogP contribution in [0.3, 0.4) is 0 Å². The number of hydrogen-bond donors (Lipinski definition) is 0. The molecule has 0 atom stereocenters. The van der Waals surface area contributed by atoms with E-state index in [-0.39, 0.29) is 0 Å². The predicted octanol–water partition coefficient (Wildman–Crippen LogP) is 3.37. The molecule has 0 saturated heterocycles. The summed E-state index contributed by atoms with van der Waals surface area (Å²) in [6.07, 6.45) is 0. The fourth-order valence-corrected chi connectivity index (χ4v) is 2.16. The molecule has 3 heteroatoms. The van der Waals surface area contributed by atoms with Gasteiger partial charge in [-0.2, -0.15) is 4.37 Å². The maximum Gasteiger partial charge on any atom is 0.0984 e. The van der Waals surface area contributed by atoms with Gasteiger partial charge in [0.25, 0.3) is 0 Å². The summed E-state index contributed by atoms with van der Waals surface area (Å²) in [6, 6.07) is 6.27. The number of hydrogen-bond acceptors (Lipinski definition) is 2. The van der Waals surface area contributed by atoms with E-state index < -0.39 is 0 Å². The van der Waals surface area contributed by atoms with Crippen molar-refractivity contribution in [2.75, 3.05) is 0 Å². The van der Waals surface area contributed by atoms with E-state index in [9.17, 15) is 0 Å². The Kier molecular flexibility index (Phi) is 1.69. The molecule has 0 aliphatic carbocycles. The third-order valence-corrected chi connectivity index (χ3v) is 3.12. The number of nitrogens with zero attached hydrogens (tertiary/aromatic N) is 1. The molecule has 2 rings (SSSR count). The van der Waals surface area contributed by atoms with Crippen LogP contribution in [0.15, 0.2) is 22.0 Å². The number of benzene rings is 1. The number of fused-ring (bicyclic) bond motifs is 1.